The third-order valence-corrected chi connectivity index (χ3v) is 5.39. The first kappa shape index (κ1) is 18.8. The van der Waals surface area contributed by atoms with Crippen molar-refractivity contribution < 1.29 is 19.1 Å². The molecule has 3 heterocycles. The lowest BCUT2D eigenvalue weighted by Crippen LogP contribution is -2.48. The van der Waals surface area contributed by atoms with Crippen LogP contribution in [-0.2, 0) is 20.8 Å². The quantitative estimate of drug-likeness (QED) is 0.737. The highest BCUT2D eigenvalue weighted by Crippen LogP contribution is 2.39. The van der Waals surface area contributed by atoms with E-state index in [0.29, 0.717) is 12.2 Å². The standard InChI is InChI=1S/C19H27N3O4/c1-25-12-17(23)22-9-4-7-19(14-22)8-10-21(13-19)11-15-5-3-6-16(20-15)18(24)26-2/h3,5-6H,4,7-14H2,1-2H3/t19-/m0/s1. The van der Waals surface area contributed by atoms with Gasteiger partial charge in [-0.3, -0.25) is 9.69 Å². The number of piperidine rings is 1. The molecule has 2 aliphatic heterocycles. The molecule has 2 saturated heterocycles. The second-order valence-electron chi connectivity index (χ2n) is 7.32. The largest absolute Gasteiger partial charge is 0.464 e. The van der Waals surface area contributed by atoms with Crippen molar-refractivity contribution in [1.29, 1.82) is 0 Å². The van der Waals surface area contributed by atoms with E-state index in [4.69, 9.17) is 9.47 Å². The van der Waals surface area contributed by atoms with Crippen molar-refractivity contribution in [2.75, 3.05) is 47.0 Å². The SMILES string of the molecule is COCC(=O)N1CCC[C@@]2(CCN(Cc3cccc(C(=O)OC)n3)C2)C1. The molecule has 1 aromatic heterocycles. The molecule has 2 aliphatic rings. The van der Waals surface area contributed by atoms with Crippen molar-refractivity contribution in [2.45, 2.75) is 25.8 Å². The summed E-state index contributed by atoms with van der Waals surface area (Å²) in [6.07, 6.45) is 3.27. The molecule has 0 aliphatic carbocycles. The molecule has 1 amide bonds. The van der Waals surface area contributed by atoms with Crippen molar-refractivity contribution in [3.63, 3.8) is 0 Å². The van der Waals surface area contributed by atoms with E-state index >= 15 is 0 Å². The molecule has 1 atom stereocenters. The van der Waals surface area contributed by atoms with Gasteiger partial charge in [-0.05, 0) is 37.9 Å². The number of methoxy groups -OCH3 is 2. The van der Waals surface area contributed by atoms with Crippen molar-refractivity contribution in [3.05, 3.63) is 29.6 Å². The molecule has 26 heavy (non-hydrogen) atoms. The zero-order valence-electron chi connectivity index (χ0n) is 15.6. The molecule has 0 N–H and O–H groups in total. The van der Waals surface area contributed by atoms with Gasteiger partial charge in [0, 0.05) is 38.7 Å². The maximum atomic E-state index is 12.2. The van der Waals surface area contributed by atoms with E-state index in [1.54, 1.807) is 13.2 Å². The maximum absolute atomic E-state index is 12.2. The molecule has 0 radical (unpaired) electrons. The highest BCUT2D eigenvalue weighted by Gasteiger charge is 2.42. The number of carbonyl (C=O) groups is 2. The van der Waals surface area contributed by atoms with Crippen LogP contribution in [-0.4, -0.2) is 73.7 Å². The number of amides is 1. The Hall–Kier alpha value is -1.99. The first-order chi connectivity index (χ1) is 12.5. The summed E-state index contributed by atoms with van der Waals surface area (Å²) in [5.41, 5.74) is 1.38. The van der Waals surface area contributed by atoms with Gasteiger partial charge in [0.05, 0.1) is 12.8 Å². The van der Waals surface area contributed by atoms with Crippen LogP contribution >= 0.6 is 0 Å². The number of hydrogen-bond donors (Lipinski definition) is 0. The minimum atomic E-state index is -0.413. The lowest BCUT2D eigenvalue weighted by Gasteiger charge is -2.40. The van der Waals surface area contributed by atoms with Crippen LogP contribution in [0, 0.1) is 5.41 Å². The monoisotopic (exact) mass is 361 g/mol. The van der Waals surface area contributed by atoms with Crippen LogP contribution in [0.1, 0.15) is 35.4 Å². The third-order valence-electron chi connectivity index (χ3n) is 5.39. The summed E-state index contributed by atoms with van der Waals surface area (Å²) in [4.78, 5) is 32.6. The van der Waals surface area contributed by atoms with Gasteiger partial charge in [-0.15, -0.1) is 0 Å². The Kier molecular flexibility index (Phi) is 5.88. The molecular formula is C19H27N3O4. The fourth-order valence-electron chi connectivity index (χ4n) is 4.15. The Morgan fingerprint density at radius 3 is 2.81 bits per heavy atom. The van der Waals surface area contributed by atoms with Crippen LogP contribution in [0.3, 0.4) is 0 Å². The smallest absolute Gasteiger partial charge is 0.356 e. The molecule has 0 saturated carbocycles. The Bertz CT molecular complexity index is 666. The lowest BCUT2D eigenvalue weighted by molar-refractivity contribution is -0.138. The molecule has 7 nitrogen and oxygen atoms in total. The average Bonchev–Trinajstić information content (AvgIpc) is 3.03. The average molecular weight is 361 g/mol. The first-order valence-corrected chi connectivity index (χ1v) is 9.08. The normalized spacial score (nSPS) is 23.4. The molecule has 3 rings (SSSR count). The lowest BCUT2D eigenvalue weighted by atomic mass is 9.79. The summed E-state index contributed by atoms with van der Waals surface area (Å²) >= 11 is 0. The fourth-order valence-corrected chi connectivity index (χ4v) is 4.15. The number of rotatable bonds is 5. The van der Waals surface area contributed by atoms with Crippen LogP contribution in [0.2, 0.25) is 0 Å². The Balaban J connectivity index is 1.61. The van der Waals surface area contributed by atoms with E-state index in [-0.39, 0.29) is 17.9 Å². The molecule has 1 spiro atoms. The summed E-state index contributed by atoms with van der Waals surface area (Å²) in [6, 6.07) is 5.44. The third kappa shape index (κ3) is 4.22. The Morgan fingerprint density at radius 2 is 2.04 bits per heavy atom. The number of carbonyl (C=O) groups excluding carboxylic acids is 2. The van der Waals surface area contributed by atoms with Gasteiger partial charge in [0.25, 0.3) is 0 Å². The predicted molar refractivity (Wildman–Crippen MR) is 95.6 cm³/mol. The number of likely N-dealkylation sites (tertiary alicyclic amines) is 2. The molecule has 7 heteroatoms. The summed E-state index contributed by atoms with van der Waals surface area (Å²) in [5, 5.41) is 0. The number of nitrogens with zero attached hydrogens (tertiary/aromatic N) is 3. The van der Waals surface area contributed by atoms with Gasteiger partial charge in [0.1, 0.15) is 12.3 Å². The maximum Gasteiger partial charge on any atom is 0.356 e. The number of aromatic nitrogens is 1. The minimum Gasteiger partial charge on any atom is -0.464 e. The Labute approximate surface area is 154 Å². The zero-order valence-corrected chi connectivity index (χ0v) is 15.6. The highest BCUT2D eigenvalue weighted by atomic mass is 16.5. The van der Waals surface area contributed by atoms with Crippen LogP contribution in [0.4, 0.5) is 0 Å². The van der Waals surface area contributed by atoms with Crippen LogP contribution in [0.5, 0.6) is 0 Å². The summed E-state index contributed by atoms with van der Waals surface area (Å²) in [7, 11) is 2.92. The van der Waals surface area contributed by atoms with E-state index in [0.717, 1.165) is 51.1 Å². The van der Waals surface area contributed by atoms with Crippen molar-refractivity contribution in [2.24, 2.45) is 5.41 Å². The molecular weight excluding hydrogens is 334 g/mol. The molecule has 2 fully saturated rings. The molecule has 0 aromatic carbocycles. The summed E-state index contributed by atoms with van der Waals surface area (Å²) in [6.45, 7) is 4.43. The van der Waals surface area contributed by atoms with Crippen LogP contribution in [0.15, 0.2) is 18.2 Å². The first-order valence-electron chi connectivity index (χ1n) is 9.08. The molecule has 0 bridgehead atoms. The molecule has 142 valence electrons. The van der Waals surface area contributed by atoms with Gasteiger partial charge in [-0.2, -0.15) is 0 Å². The second-order valence-corrected chi connectivity index (χ2v) is 7.32. The van der Waals surface area contributed by atoms with E-state index in [2.05, 4.69) is 9.88 Å². The van der Waals surface area contributed by atoms with Gasteiger partial charge < -0.3 is 14.4 Å². The molecule has 1 aromatic rings. The second kappa shape index (κ2) is 8.14. The van der Waals surface area contributed by atoms with E-state index in [1.807, 2.05) is 17.0 Å². The predicted octanol–water partition coefficient (Wildman–Crippen LogP) is 1.33. The van der Waals surface area contributed by atoms with Crippen molar-refractivity contribution in [3.8, 4) is 0 Å². The van der Waals surface area contributed by atoms with Gasteiger partial charge in [0.2, 0.25) is 5.91 Å². The number of ether oxygens (including phenoxy) is 2. The molecule has 0 unspecified atom stereocenters. The highest BCUT2D eigenvalue weighted by molar-refractivity contribution is 5.87. The van der Waals surface area contributed by atoms with Gasteiger partial charge in [0.15, 0.2) is 0 Å². The van der Waals surface area contributed by atoms with Crippen LogP contribution < -0.4 is 0 Å². The van der Waals surface area contributed by atoms with E-state index in [9.17, 15) is 9.59 Å². The number of hydrogen-bond acceptors (Lipinski definition) is 6. The van der Waals surface area contributed by atoms with Gasteiger partial charge in [-0.25, -0.2) is 9.78 Å². The van der Waals surface area contributed by atoms with E-state index < -0.39 is 5.97 Å². The minimum absolute atomic E-state index is 0.0810. The van der Waals surface area contributed by atoms with Gasteiger partial charge >= 0.3 is 5.97 Å². The van der Waals surface area contributed by atoms with Crippen molar-refractivity contribution in [1.82, 2.24) is 14.8 Å². The summed E-state index contributed by atoms with van der Waals surface area (Å²) in [5.74, 6) is -0.332. The Morgan fingerprint density at radius 1 is 1.19 bits per heavy atom. The summed E-state index contributed by atoms with van der Waals surface area (Å²) < 4.78 is 9.74. The fraction of sp³-hybridized carbons (Fsp3) is 0.632. The van der Waals surface area contributed by atoms with Crippen LogP contribution in [0.25, 0.3) is 0 Å². The van der Waals surface area contributed by atoms with E-state index in [1.165, 1.54) is 7.11 Å². The van der Waals surface area contributed by atoms with Gasteiger partial charge in [-0.1, -0.05) is 6.07 Å². The zero-order chi connectivity index (χ0) is 18.6. The van der Waals surface area contributed by atoms with Crippen molar-refractivity contribution >= 4 is 11.9 Å². The number of pyridine rings is 1. The topological polar surface area (TPSA) is 72.0 Å². The number of esters is 1.